The number of nitrogens with zero attached hydrogens (tertiary/aromatic N) is 2. The topological polar surface area (TPSA) is 96.4 Å². The lowest BCUT2D eigenvalue weighted by atomic mass is 10.2. The number of hydrogen-bond acceptors (Lipinski definition) is 6. The van der Waals surface area contributed by atoms with Crippen molar-refractivity contribution in [3.63, 3.8) is 0 Å². The average molecular weight is 350 g/mol. The Morgan fingerprint density at radius 2 is 1.96 bits per heavy atom. The van der Waals surface area contributed by atoms with E-state index in [1.807, 2.05) is 24.3 Å². The predicted octanol–water partition coefficient (Wildman–Crippen LogP) is 3.54. The molecule has 0 amide bonds. The summed E-state index contributed by atoms with van der Waals surface area (Å²) in [5.74, 6) is 0.873. The van der Waals surface area contributed by atoms with Gasteiger partial charge >= 0.3 is 5.97 Å². The molecule has 26 heavy (non-hydrogen) atoms. The number of aromatic nitrogens is 2. The molecule has 1 aromatic heterocycles. The number of methoxy groups -OCH3 is 1. The molecule has 3 rings (SSSR count). The van der Waals surface area contributed by atoms with Gasteiger partial charge in [0.15, 0.2) is 0 Å². The molecule has 0 aliphatic rings. The standard InChI is InChI=1S/C19H18N4O3/c1-26-16-7-5-13(6-8-16)12-21-19-20-10-9-17(23-19)22-15-4-2-3-14(11-15)18(24)25/h2-11H,12H2,1H3,(H,24,25)(H2,20,21,22,23). The van der Waals surface area contributed by atoms with E-state index < -0.39 is 5.97 Å². The first-order chi connectivity index (χ1) is 12.6. The number of carboxylic acid groups (broad SMARTS) is 1. The molecular weight excluding hydrogens is 332 g/mol. The first kappa shape index (κ1) is 17.2. The molecule has 0 aliphatic heterocycles. The largest absolute Gasteiger partial charge is 0.497 e. The van der Waals surface area contributed by atoms with Crippen molar-refractivity contribution in [3.05, 3.63) is 71.9 Å². The van der Waals surface area contributed by atoms with E-state index in [9.17, 15) is 4.79 Å². The van der Waals surface area contributed by atoms with Crippen molar-refractivity contribution in [1.82, 2.24) is 9.97 Å². The fourth-order valence-corrected chi connectivity index (χ4v) is 2.32. The van der Waals surface area contributed by atoms with Gasteiger partial charge in [0.05, 0.1) is 12.7 Å². The Morgan fingerprint density at radius 1 is 1.15 bits per heavy atom. The third kappa shape index (κ3) is 4.47. The van der Waals surface area contributed by atoms with Gasteiger partial charge in [-0.05, 0) is 42.0 Å². The van der Waals surface area contributed by atoms with Crippen molar-refractivity contribution < 1.29 is 14.6 Å². The summed E-state index contributed by atoms with van der Waals surface area (Å²) in [5, 5.41) is 15.3. The van der Waals surface area contributed by atoms with Crippen molar-refractivity contribution in [2.75, 3.05) is 17.7 Å². The van der Waals surface area contributed by atoms with E-state index in [2.05, 4.69) is 20.6 Å². The molecule has 0 unspecified atom stereocenters. The minimum absolute atomic E-state index is 0.210. The number of nitrogens with one attached hydrogen (secondary N) is 2. The lowest BCUT2D eigenvalue weighted by Gasteiger charge is -2.09. The zero-order chi connectivity index (χ0) is 18.4. The third-order valence-corrected chi connectivity index (χ3v) is 3.65. The Morgan fingerprint density at radius 3 is 2.69 bits per heavy atom. The van der Waals surface area contributed by atoms with E-state index in [-0.39, 0.29) is 5.56 Å². The fraction of sp³-hybridized carbons (Fsp3) is 0.105. The van der Waals surface area contributed by atoms with Crippen LogP contribution < -0.4 is 15.4 Å². The van der Waals surface area contributed by atoms with E-state index >= 15 is 0 Å². The summed E-state index contributed by atoms with van der Waals surface area (Å²) < 4.78 is 5.14. The molecule has 0 aliphatic carbocycles. The van der Waals surface area contributed by atoms with Crippen molar-refractivity contribution in [2.45, 2.75) is 6.54 Å². The van der Waals surface area contributed by atoms with Crippen LogP contribution in [0, 0.1) is 0 Å². The zero-order valence-corrected chi connectivity index (χ0v) is 14.1. The highest BCUT2D eigenvalue weighted by molar-refractivity contribution is 5.89. The molecule has 2 aromatic carbocycles. The Bertz CT molecular complexity index is 897. The summed E-state index contributed by atoms with van der Waals surface area (Å²) in [5.41, 5.74) is 1.92. The molecule has 0 bridgehead atoms. The van der Waals surface area contributed by atoms with Crippen molar-refractivity contribution in [3.8, 4) is 5.75 Å². The molecule has 3 N–H and O–H groups in total. The van der Waals surface area contributed by atoms with Crippen LogP contribution in [0.1, 0.15) is 15.9 Å². The third-order valence-electron chi connectivity index (χ3n) is 3.65. The van der Waals surface area contributed by atoms with Gasteiger partial charge in [-0.3, -0.25) is 0 Å². The highest BCUT2D eigenvalue weighted by Crippen LogP contribution is 2.17. The maximum atomic E-state index is 11.0. The quantitative estimate of drug-likeness (QED) is 0.600. The second-order valence-corrected chi connectivity index (χ2v) is 5.48. The van der Waals surface area contributed by atoms with E-state index in [1.165, 1.54) is 6.07 Å². The van der Waals surface area contributed by atoms with E-state index in [0.29, 0.717) is 24.0 Å². The van der Waals surface area contributed by atoms with Crippen LogP contribution in [-0.2, 0) is 6.54 Å². The molecule has 0 saturated carbocycles. The van der Waals surface area contributed by atoms with Crippen molar-refractivity contribution >= 4 is 23.4 Å². The van der Waals surface area contributed by atoms with Crippen LogP contribution in [0.5, 0.6) is 5.75 Å². The lowest BCUT2D eigenvalue weighted by Crippen LogP contribution is -2.05. The van der Waals surface area contributed by atoms with Crippen LogP contribution in [0.3, 0.4) is 0 Å². The summed E-state index contributed by atoms with van der Waals surface area (Å²) in [6.45, 7) is 0.571. The molecule has 0 spiro atoms. The molecule has 132 valence electrons. The van der Waals surface area contributed by atoms with Crippen LogP contribution in [0.2, 0.25) is 0 Å². The fourth-order valence-electron chi connectivity index (χ4n) is 2.32. The number of aromatic carboxylic acids is 1. The maximum absolute atomic E-state index is 11.0. The number of rotatable bonds is 7. The van der Waals surface area contributed by atoms with Crippen LogP contribution in [0.25, 0.3) is 0 Å². The molecule has 0 saturated heterocycles. The van der Waals surface area contributed by atoms with Crippen LogP contribution in [0.15, 0.2) is 60.8 Å². The number of carboxylic acids is 1. The summed E-state index contributed by atoms with van der Waals surface area (Å²) in [6.07, 6.45) is 1.63. The van der Waals surface area contributed by atoms with Gasteiger partial charge in [-0.25, -0.2) is 9.78 Å². The Labute approximate surface area is 150 Å². The second kappa shape index (κ2) is 7.98. The van der Waals surface area contributed by atoms with Crippen molar-refractivity contribution in [1.29, 1.82) is 0 Å². The smallest absolute Gasteiger partial charge is 0.335 e. The first-order valence-corrected chi connectivity index (χ1v) is 7.94. The average Bonchev–Trinajstić information content (AvgIpc) is 2.67. The molecule has 7 heteroatoms. The van der Waals surface area contributed by atoms with Crippen LogP contribution >= 0.6 is 0 Å². The monoisotopic (exact) mass is 350 g/mol. The highest BCUT2D eigenvalue weighted by atomic mass is 16.5. The van der Waals surface area contributed by atoms with E-state index in [0.717, 1.165) is 11.3 Å². The molecule has 1 heterocycles. The molecule has 7 nitrogen and oxygen atoms in total. The lowest BCUT2D eigenvalue weighted by molar-refractivity contribution is 0.0697. The van der Waals surface area contributed by atoms with Gasteiger partial charge in [0.1, 0.15) is 11.6 Å². The number of anilines is 3. The van der Waals surface area contributed by atoms with Crippen LogP contribution in [-0.4, -0.2) is 28.2 Å². The predicted molar refractivity (Wildman–Crippen MR) is 99.0 cm³/mol. The Hall–Kier alpha value is -3.61. The maximum Gasteiger partial charge on any atom is 0.335 e. The van der Waals surface area contributed by atoms with Crippen molar-refractivity contribution in [2.24, 2.45) is 0 Å². The molecule has 0 atom stereocenters. The molecular formula is C19H18N4O3. The second-order valence-electron chi connectivity index (χ2n) is 5.48. The summed E-state index contributed by atoms with van der Waals surface area (Å²) in [7, 11) is 1.63. The number of carbonyl (C=O) groups is 1. The van der Waals surface area contributed by atoms with Gasteiger partial charge in [-0.15, -0.1) is 0 Å². The highest BCUT2D eigenvalue weighted by Gasteiger charge is 2.05. The number of hydrogen-bond donors (Lipinski definition) is 3. The minimum Gasteiger partial charge on any atom is -0.497 e. The molecule has 0 fully saturated rings. The normalized spacial score (nSPS) is 10.2. The minimum atomic E-state index is -0.974. The van der Waals surface area contributed by atoms with Gasteiger partial charge in [0, 0.05) is 18.4 Å². The first-order valence-electron chi connectivity index (χ1n) is 7.94. The van der Waals surface area contributed by atoms with Gasteiger partial charge in [0.2, 0.25) is 5.95 Å². The Balaban J connectivity index is 1.66. The summed E-state index contributed by atoms with van der Waals surface area (Å²) in [4.78, 5) is 19.6. The summed E-state index contributed by atoms with van der Waals surface area (Å²) in [6, 6.07) is 16.0. The van der Waals surface area contributed by atoms with E-state index in [4.69, 9.17) is 9.84 Å². The van der Waals surface area contributed by atoms with Gasteiger partial charge in [-0.2, -0.15) is 4.98 Å². The molecule has 0 radical (unpaired) electrons. The van der Waals surface area contributed by atoms with Gasteiger partial charge in [0.25, 0.3) is 0 Å². The molecule has 3 aromatic rings. The number of ether oxygens (including phenoxy) is 1. The zero-order valence-electron chi connectivity index (χ0n) is 14.1. The summed E-state index contributed by atoms with van der Waals surface area (Å²) >= 11 is 0. The Kier molecular flexibility index (Phi) is 5.28. The van der Waals surface area contributed by atoms with Gasteiger partial charge < -0.3 is 20.5 Å². The number of benzene rings is 2. The van der Waals surface area contributed by atoms with Gasteiger partial charge in [-0.1, -0.05) is 18.2 Å². The van der Waals surface area contributed by atoms with E-state index in [1.54, 1.807) is 37.6 Å². The SMILES string of the molecule is COc1ccc(CNc2nccc(Nc3cccc(C(=O)O)c3)n2)cc1. The van der Waals surface area contributed by atoms with Crippen LogP contribution in [0.4, 0.5) is 17.5 Å².